The molecule has 58 heavy (non-hydrogen) atoms. The number of hydrogen-bond acceptors (Lipinski definition) is 11. The van der Waals surface area contributed by atoms with E-state index >= 15 is 0 Å². The van der Waals surface area contributed by atoms with Crippen molar-refractivity contribution in [3.8, 4) is 0 Å². The maximum Gasteiger partial charge on any atom is 0.306 e. The van der Waals surface area contributed by atoms with Crippen LogP contribution in [-0.2, 0) is 38.7 Å². The minimum atomic E-state index is -4.61. The van der Waals surface area contributed by atoms with Crippen LogP contribution in [0.15, 0.2) is 48.6 Å². The molecule has 0 aromatic heterocycles. The van der Waals surface area contributed by atoms with Gasteiger partial charge in [0.2, 0.25) is 0 Å². The average molecular weight is 843 g/mol. The highest BCUT2D eigenvalue weighted by atomic mass is 32.2. The van der Waals surface area contributed by atoms with Crippen LogP contribution in [0.4, 0.5) is 0 Å². The van der Waals surface area contributed by atoms with Crippen molar-refractivity contribution in [3.05, 3.63) is 48.6 Å². The Morgan fingerprint density at radius 2 is 1.05 bits per heavy atom. The van der Waals surface area contributed by atoms with E-state index in [1.807, 2.05) is 12.2 Å². The van der Waals surface area contributed by atoms with Crippen LogP contribution in [0, 0.1) is 0 Å². The molecule has 1 fully saturated rings. The summed E-state index contributed by atoms with van der Waals surface area (Å²) >= 11 is 0. The second-order valence-corrected chi connectivity index (χ2v) is 16.9. The number of ether oxygens (including phenoxy) is 4. The number of unbranched alkanes of at least 4 members (excludes halogenated alkanes) is 16. The lowest BCUT2D eigenvalue weighted by Crippen LogP contribution is -2.60. The summed E-state index contributed by atoms with van der Waals surface area (Å²) in [4.78, 5) is 25.3. The van der Waals surface area contributed by atoms with Crippen LogP contribution in [0.3, 0.4) is 0 Å². The van der Waals surface area contributed by atoms with E-state index < -0.39 is 71.2 Å². The molecular weight excluding hydrogens is 765 g/mol. The van der Waals surface area contributed by atoms with Crippen LogP contribution in [-0.4, -0.2) is 96.0 Å². The Labute approximate surface area is 350 Å². The molecule has 1 aliphatic rings. The van der Waals surface area contributed by atoms with Gasteiger partial charge in [-0.1, -0.05) is 133 Å². The summed E-state index contributed by atoms with van der Waals surface area (Å²) in [5.41, 5.74) is 0. The predicted molar refractivity (Wildman–Crippen MR) is 229 cm³/mol. The topological polar surface area (TPSA) is 186 Å². The predicted octanol–water partition coefficient (Wildman–Crippen LogP) is 8.78. The fourth-order valence-electron chi connectivity index (χ4n) is 6.39. The minimum absolute atomic E-state index is 0.0886. The van der Waals surface area contributed by atoms with Gasteiger partial charge in [0.1, 0.15) is 36.8 Å². The van der Waals surface area contributed by atoms with Crippen LogP contribution in [0.25, 0.3) is 0 Å². The monoisotopic (exact) mass is 843 g/mol. The molecule has 1 rings (SSSR count). The largest absolute Gasteiger partial charge is 0.462 e. The molecule has 0 aromatic carbocycles. The summed E-state index contributed by atoms with van der Waals surface area (Å²) in [5.74, 6) is -2.08. The van der Waals surface area contributed by atoms with Crippen molar-refractivity contribution in [2.45, 2.75) is 205 Å². The lowest BCUT2D eigenvalue weighted by Gasteiger charge is -2.40. The minimum Gasteiger partial charge on any atom is -0.462 e. The number of allylic oxidation sites excluding steroid dienone is 8. The Balaban J connectivity index is 2.52. The van der Waals surface area contributed by atoms with Crippen molar-refractivity contribution in [1.82, 2.24) is 0 Å². The summed E-state index contributed by atoms with van der Waals surface area (Å²) in [5, 5.41) is 30.8. The van der Waals surface area contributed by atoms with Gasteiger partial charge in [0, 0.05) is 12.8 Å². The van der Waals surface area contributed by atoms with Crippen LogP contribution in [0.5, 0.6) is 0 Å². The highest BCUT2D eigenvalue weighted by molar-refractivity contribution is 7.85. The number of aliphatic hydroxyl groups excluding tert-OH is 3. The Hall–Kier alpha value is -2.39. The second-order valence-electron chi connectivity index (χ2n) is 15.4. The van der Waals surface area contributed by atoms with Gasteiger partial charge in [-0.2, -0.15) is 8.42 Å². The molecule has 1 saturated heterocycles. The lowest BCUT2D eigenvalue weighted by molar-refractivity contribution is -0.297. The van der Waals surface area contributed by atoms with Crippen molar-refractivity contribution in [3.63, 3.8) is 0 Å². The number of rotatable bonds is 36. The molecule has 0 bridgehead atoms. The highest BCUT2D eigenvalue weighted by Crippen LogP contribution is 2.24. The van der Waals surface area contributed by atoms with E-state index in [0.29, 0.717) is 19.3 Å². The first-order chi connectivity index (χ1) is 28.0. The Morgan fingerprint density at radius 3 is 1.60 bits per heavy atom. The molecule has 0 aromatic rings. The van der Waals surface area contributed by atoms with Gasteiger partial charge in [-0.15, -0.1) is 0 Å². The Kier molecular flexibility index (Phi) is 32.7. The van der Waals surface area contributed by atoms with E-state index in [2.05, 4.69) is 50.3 Å². The zero-order valence-corrected chi connectivity index (χ0v) is 36.5. The van der Waals surface area contributed by atoms with Gasteiger partial charge in [0.05, 0.1) is 6.61 Å². The van der Waals surface area contributed by atoms with Gasteiger partial charge in [0.15, 0.2) is 12.4 Å². The summed E-state index contributed by atoms with van der Waals surface area (Å²) in [6.07, 6.45) is 31.7. The lowest BCUT2D eigenvalue weighted by atomic mass is 10.00. The zero-order valence-electron chi connectivity index (χ0n) is 35.6. The third kappa shape index (κ3) is 29.8. The molecule has 0 spiro atoms. The third-order valence-corrected chi connectivity index (χ3v) is 10.6. The molecule has 0 aliphatic carbocycles. The number of carbonyl (C=O) groups excluding carboxylic acids is 2. The first kappa shape index (κ1) is 53.6. The van der Waals surface area contributed by atoms with Gasteiger partial charge in [-0.3, -0.25) is 14.1 Å². The van der Waals surface area contributed by atoms with Crippen molar-refractivity contribution in [2.24, 2.45) is 0 Å². The first-order valence-electron chi connectivity index (χ1n) is 22.2. The molecular formula is C45H78O12S. The van der Waals surface area contributed by atoms with Crippen molar-refractivity contribution in [2.75, 3.05) is 19.0 Å². The van der Waals surface area contributed by atoms with Gasteiger partial charge < -0.3 is 34.3 Å². The van der Waals surface area contributed by atoms with E-state index in [9.17, 15) is 37.9 Å². The summed E-state index contributed by atoms with van der Waals surface area (Å²) < 4.78 is 53.9. The normalized spacial score (nSPS) is 20.8. The molecule has 0 amide bonds. The van der Waals surface area contributed by atoms with E-state index in [0.717, 1.165) is 44.9 Å². The Bertz CT molecular complexity index is 1260. The SMILES string of the molecule is CCCCCCCC/C=C/C/C=C/C/C=C/CCCC(=O)O[C@H](COC(=O)CCCCC/C=C/CCCCCCCC)CO[C@H]1O[C@H](CS(=O)(=O)O)[C@@H](O)C(O)C1O. The van der Waals surface area contributed by atoms with E-state index in [1.54, 1.807) is 0 Å². The first-order valence-corrected chi connectivity index (χ1v) is 23.8. The molecule has 6 atom stereocenters. The quantitative estimate of drug-likeness (QED) is 0.0204. The average Bonchev–Trinajstić information content (AvgIpc) is 3.18. The summed E-state index contributed by atoms with van der Waals surface area (Å²) in [6, 6.07) is 0. The fraction of sp³-hybridized carbons (Fsp3) is 0.778. The van der Waals surface area contributed by atoms with Crippen LogP contribution in [0.2, 0.25) is 0 Å². The van der Waals surface area contributed by atoms with Crippen molar-refractivity contribution < 1.29 is 56.8 Å². The van der Waals surface area contributed by atoms with E-state index in [4.69, 9.17) is 18.9 Å². The smallest absolute Gasteiger partial charge is 0.306 e. The van der Waals surface area contributed by atoms with E-state index in [1.165, 1.54) is 77.0 Å². The maximum atomic E-state index is 12.8. The van der Waals surface area contributed by atoms with Gasteiger partial charge in [0.25, 0.3) is 10.1 Å². The summed E-state index contributed by atoms with van der Waals surface area (Å²) in [6.45, 7) is 3.68. The van der Waals surface area contributed by atoms with Gasteiger partial charge in [-0.05, 0) is 70.6 Å². The zero-order chi connectivity index (χ0) is 42.7. The molecule has 1 aliphatic heterocycles. The second kappa shape index (κ2) is 35.4. The molecule has 12 nitrogen and oxygen atoms in total. The molecule has 2 unspecified atom stereocenters. The number of aliphatic hydroxyl groups is 3. The van der Waals surface area contributed by atoms with Crippen molar-refractivity contribution >= 4 is 22.1 Å². The number of hydrogen-bond donors (Lipinski definition) is 4. The maximum absolute atomic E-state index is 12.8. The highest BCUT2D eigenvalue weighted by Gasteiger charge is 2.46. The standard InChI is InChI=1S/C45H78O12S/c1-3-5-7-9-11-13-15-17-18-19-20-22-24-26-28-30-32-34-41(47)56-38(36-55-45-44(50)43(49)42(48)39(57-45)37-58(51,52)53)35-54-40(46)33-31-29-27-25-23-21-16-14-12-10-8-6-4-2/h17-18,20-23,26,28,38-39,42-45,48-50H,3-16,19,24-25,27,29-37H2,1-2H3,(H,51,52,53)/b18-17+,22-20+,23-21+,28-26+/t38-,39-,42-,43?,44?,45+/m1/s1. The van der Waals surface area contributed by atoms with Gasteiger partial charge in [-0.25, -0.2) is 0 Å². The number of carbonyl (C=O) groups is 2. The molecule has 336 valence electrons. The molecule has 1 heterocycles. The van der Waals surface area contributed by atoms with Crippen LogP contribution >= 0.6 is 0 Å². The van der Waals surface area contributed by atoms with Crippen LogP contribution in [0.1, 0.15) is 168 Å². The van der Waals surface area contributed by atoms with E-state index in [-0.39, 0.29) is 19.4 Å². The van der Waals surface area contributed by atoms with Crippen molar-refractivity contribution in [1.29, 1.82) is 0 Å². The molecule has 0 radical (unpaired) electrons. The molecule has 4 N–H and O–H groups in total. The molecule has 0 saturated carbocycles. The Morgan fingerprint density at radius 1 is 0.586 bits per heavy atom. The fourth-order valence-corrected chi connectivity index (χ4v) is 7.08. The third-order valence-electron chi connectivity index (χ3n) is 9.88. The number of esters is 2. The summed E-state index contributed by atoms with van der Waals surface area (Å²) in [7, 11) is -4.61. The van der Waals surface area contributed by atoms with Crippen LogP contribution < -0.4 is 0 Å². The molecule has 13 heteroatoms. The van der Waals surface area contributed by atoms with Gasteiger partial charge >= 0.3 is 11.9 Å².